The quantitative estimate of drug-likeness (QED) is 0.524. The molecular weight excluding hydrogens is 380 g/mol. The minimum absolute atomic E-state index is 0.490. The number of ether oxygens (including phenoxy) is 2. The second-order valence-electron chi connectivity index (χ2n) is 6.93. The summed E-state index contributed by atoms with van der Waals surface area (Å²) in [6, 6.07) is 17.3. The van der Waals surface area contributed by atoms with Crippen LogP contribution in [0, 0.1) is 0 Å². The van der Waals surface area contributed by atoms with Crippen molar-refractivity contribution in [2.75, 3.05) is 55.8 Å². The van der Waals surface area contributed by atoms with Gasteiger partial charge in [-0.25, -0.2) is 9.97 Å². The Hall–Kier alpha value is -3.36. The predicted octanol–water partition coefficient (Wildman–Crippen LogP) is 3.34. The highest BCUT2D eigenvalue weighted by Gasteiger charge is 2.11. The molecule has 30 heavy (non-hydrogen) atoms. The van der Waals surface area contributed by atoms with Crippen molar-refractivity contribution in [3.63, 3.8) is 0 Å². The van der Waals surface area contributed by atoms with Crippen LogP contribution in [0.1, 0.15) is 0 Å². The van der Waals surface area contributed by atoms with E-state index in [9.17, 15) is 0 Å². The number of nitrogens with two attached hydrogens (primary N) is 1. The lowest BCUT2D eigenvalue weighted by molar-refractivity contribution is 0.0398. The first-order chi connectivity index (χ1) is 14.8. The molecule has 0 aliphatic carbocycles. The fraction of sp³-hybridized carbons (Fsp3) is 0.273. The van der Waals surface area contributed by atoms with Crippen molar-refractivity contribution in [1.82, 2.24) is 14.9 Å². The summed E-state index contributed by atoms with van der Waals surface area (Å²) in [5.74, 6) is 2.75. The van der Waals surface area contributed by atoms with Gasteiger partial charge in [0.25, 0.3) is 0 Å². The lowest BCUT2D eigenvalue weighted by atomic mass is 10.3. The molecule has 4 N–H and O–H groups in total. The van der Waals surface area contributed by atoms with Crippen LogP contribution in [0.15, 0.2) is 60.9 Å². The number of morpholine rings is 1. The number of benzene rings is 2. The molecule has 0 amide bonds. The number of hydrogen-bond acceptors (Lipinski definition) is 8. The van der Waals surface area contributed by atoms with E-state index >= 15 is 0 Å². The zero-order chi connectivity index (χ0) is 20.6. The Morgan fingerprint density at radius 1 is 0.933 bits per heavy atom. The van der Waals surface area contributed by atoms with Crippen LogP contribution in [-0.2, 0) is 4.74 Å². The summed E-state index contributed by atoms with van der Waals surface area (Å²) in [5, 5.41) is 6.55. The summed E-state index contributed by atoms with van der Waals surface area (Å²) in [6.45, 7) is 5.16. The molecule has 8 nitrogen and oxygen atoms in total. The number of nitrogens with one attached hydrogen (secondary N) is 2. The zero-order valence-corrected chi connectivity index (χ0v) is 16.8. The van der Waals surface area contributed by atoms with Gasteiger partial charge in [0.15, 0.2) is 11.6 Å². The van der Waals surface area contributed by atoms with Crippen molar-refractivity contribution < 1.29 is 9.47 Å². The molecule has 8 heteroatoms. The molecule has 0 bridgehead atoms. The maximum absolute atomic E-state index is 6.27. The van der Waals surface area contributed by atoms with E-state index in [-0.39, 0.29) is 0 Å². The van der Waals surface area contributed by atoms with Crippen molar-refractivity contribution in [2.45, 2.75) is 0 Å². The van der Waals surface area contributed by atoms with Crippen molar-refractivity contribution in [2.24, 2.45) is 0 Å². The van der Waals surface area contributed by atoms with Gasteiger partial charge in [-0.05, 0) is 36.4 Å². The number of nitrogens with zero attached hydrogens (tertiary/aromatic N) is 3. The SMILES string of the molecule is Nc1c(NCCN2CCOCC2)ncnc1Nc1ccc(Oc2ccccc2)cc1. The second-order valence-corrected chi connectivity index (χ2v) is 6.93. The highest BCUT2D eigenvalue weighted by atomic mass is 16.5. The Morgan fingerprint density at radius 2 is 1.63 bits per heavy atom. The summed E-state index contributed by atoms with van der Waals surface area (Å²) in [6.07, 6.45) is 1.50. The maximum Gasteiger partial charge on any atom is 0.159 e. The lowest BCUT2D eigenvalue weighted by Crippen LogP contribution is -2.39. The molecule has 1 fully saturated rings. The van der Waals surface area contributed by atoms with Gasteiger partial charge in [-0.2, -0.15) is 0 Å². The molecule has 1 saturated heterocycles. The van der Waals surface area contributed by atoms with E-state index in [0.29, 0.717) is 17.3 Å². The van der Waals surface area contributed by atoms with Gasteiger partial charge in [-0.15, -0.1) is 0 Å². The van der Waals surface area contributed by atoms with Crippen LogP contribution in [0.2, 0.25) is 0 Å². The number of nitrogen functional groups attached to an aromatic ring is 1. The standard InChI is InChI=1S/C22H26N6O2/c23-20-21(24-10-11-28-12-14-29-15-13-28)25-16-26-22(20)27-17-6-8-19(9-7-17)30-18-4-2-1-3-5-18/h1-9,16H,10-15,23H2,(H2,24,25,26,27). The number of anilines is 4. The summed E-state index contributed by atoms with van der Waals surface area (Å²) >= 11 is 0. The number of para-hydroxylation sites is 1. The Morgan fingerprint density at radius 3 is 2.40 bits per heavy atom. The van der Waals surface area contributed by atoms with Gasteiger partial charge < -0.3 is 25.8 Å². The molecule has 0 unspecified atom stereocenters. The summed E-state index contributed by atoms with van der Waals surface area (Å²) in [4.78, 5) is 10.9. The molecule has 3 aromatic rings. The van der Waals surface area contributed by atoms with Crippen LogP contribution >= 0.6 is 0 Å². The van der Waals surface area contributed by atoms with E-state index in [2.05, 4.69) is 25.5 Å². The molecule has 4 rings (SSSR count). The molecule has 0 atom stereocenters. The molecule has 1 aromatic heterocycles. The third kappa shape index (κ3) is 5.37. The minimum Gasteiger partial charge on any atom is -0.457 e. The van der Waals surface area contributed by atoms with Gasteiger partial charge in [0.1, 0.15) is 23.5 Å². The van der Waals surface area contributed by atoms with E-state index in [1.807, 2.05) is 54.6 Å². The van der Waals surface area contributed by atoms with E-state index in [4.69, 9.17) is 15.2 Å². The fourth-order valence-corrected chi connectivity index (χ4v) is 3.16. The van der Waals surface area contributed by atoms with Crippen LogP contribution in [-0.4, -0.2) is 54.3 Å². The van der Waals surface area contributed by atoms with Crippen molar-refractivity contribution in [3.05, 3.63) is 60.9 Å². The van der Waals surface area contributed by atoms with Crippen LogP contribution in [0.25, 0.3) is 0 Å². The molecule has 0 saturated carbocycles. The lowest BCUT2D eigenvalue weighted by Gasteiger charge is -2.26. The van der Waals surface area contributed by atoms with Crippen LogP contribution in [0.5, 0.6) is 11.5 Å². The Balaban J connectivity index is 1.34. The first-order valence-corrected chi connectivity index (χ1v) is 10.0. The molecule has 1 aliphatic rings. The summed E-state index contributed by atoms with van der Waals surface area (Å²) in [5.41, 5.74) is 7.63. The summed E-state index contributed by atoms with van der Waals surface area (Å²) < 4.78 is 11.2. The van der Waals surface area contributed by atoms with Crippen LogP contribution in [0.3, 0.4) is 0 Å². The van der Waals surface area contributed by atoms with Gasteiger partial charge >= 0.3 is 0 Å². The number of rotatable bonds is 8. The predicted molar refractivity (Wildman–Crippen MR) is 118 cm³/mol. The van der Waals surface area contributed by atoms with E-state index in [0.717, 1.165) is 56.6 Å². The average Bonchev–Trinajstić information content (AvgIpc) is 2.79. The molecule has 2 aromatic carbocycles. The molecule has 0 radical (unpaired) electrons. The van der Waals surface area contributed by atoms with Crippen LogP contribution in [0.4, 0.5) is 23.0 Å². The molecule has 2 heterocycles. The van der Waals surface area contributed by atoms with E-state index in [1.54, 1.807) is 0 Å². The van der Waals surface area contributed by atoms with Crippen LogP contribution < -0.4 is 21.1 Å². The Bertz CT molecular complexity index is 930. The molecule has 0 spiro atoms. The van der Waals surface area contributed by atoms with Crippen molar-refractivity contribution in [1.29, 1.82) is 0 Å². The maximum atomic E-state index is 6.27. The smallest absolute Gasteiger partial charge is 0.159 e. The monoisotopic (exact) mass is 406 g/mol. The minimum atomic E-state index is 0.490. The van der Waals surface area contributed by atoms with Gasteiger partial charge in [0.2, 0.25) is 0 Å². The third-order valence-corrected chi connectivity index (χ3v) is 4.80. The second kappa shape index (κ2) is 9.91. The Labute approximate surface area is 176 Å². The largest absolute Gasteiger partial charge is 0.457 e. The fourth-order valence-electron chi connectivity index (χ4n) is 3.16. The zero-order valence-electron chi connectivity index (χ0n) is 16.8. The normalized spacial score (nSPS) is 14.3. The molecular formula is C22H26N6O2. The van der Waals surface area contributed by atoms with Gasteiger partial charge in [0, 0.05) is 31.9 Å². The van der Waals surface area contributed by atoms with Gasteiger partial charge in [-0.1, -0.05) is 18.2 Å². The average molecular weight is 406 g/mol. The molecule has 1 aliphatic heterocycles. The number of aromatic nitrogens is 2. The third-order valence-electron chi connectivity index (χ3n) is 4.80. The number of hydrogen-bond donors (Lipinski definition) is 3. The first kappa shape index (κ1) is 19.9. The van der Waals surface area contributed by atoms with E-state index < -0.39 is 0 Å². The van der Waals surface area contributed by atoms with Crippen molar-refractivity contribution >= 4 is 23.0 Å². The highest BCUT2D eigenvalue weighted by molar-refractivity contribution is 5.77. The first-order valence-electron chi connectivity index (χ1n) is 10.0. The Kier molecular flexibility index (Phi) is 6.58. The topological polar surface area (TPSA) is 97.6 Å². The van der Waals surface area contributed by atoms with Gasteiger partial charge in [-0.3, -0.25) is 4.90 Å². The highest BCUT2D eigenvalue weighted by Crippen LogP contribution is 2.28. The van der Waals surface area contributed by atoms with E-state index in [1.165, 1.54) is 6.33 Å². The van der Waals surface area contributed by atoms with Gasteiger partial charge in [0.05, 0.1) is 13.2 Å². The summed E-state index contributed by atoms with van der Waals surface area (Å²) in [7, 11) is 0. The molecule has 156 valence electrons. The van der Waals surface area contributed by atoms with Crippen molar-refractivity contribution in [3.8, 4) is 11.5 Å².